The topological polar surface area (TPSA) is 0 Å². The normalized spacial score (nSPS) is 15.4. The summed E-state index contributed by atoms with van der Waals surface area (Å²) in [5.74, 6) is 0. The van der Waals surface area contributed by atoms with Gasteiger partial charge in [0.15, 0.2) is 0 Å². The smallest absolute Gasteiger partial charge is 0.0430 e. The third kappa shape index (κ3) is 1.95. The van der Waals surface area contributed by atoms with Gasteiger partial charge in [0.1, 0.15) is 0 Å². The molecule has 0 N–H and O–H groups in total. The number of benzene rings is 2. The van der Waals surface area contributed by atoms with Crippen molar-refractivity contribution in [3.63, 3.8) is 0 Å². The summed E-state index contributed by atoms with van der Waals surface area (Å²) in [6.07, 6.45) is 6.66. The van der Waals surface area contributed by atoms with Gasteiger partial charge in [-0.25, -0.2) is 0 Å². The van der Waals surface area contributed by atoms with Gasteiger partial charge in [-0.05, 0) is 34.5 Å². The molecule has 0 spiro atoms. The van der Waals surface area contributed by atoms with Gasteiger partial charge in [0.25, 0.3) is 0 Å². The average molecular weight is 341 g/mol. The number of allylic oxidation sites excluding steroid dienone is 4. The van der Waals surface area contributed by atoms with Crippen molar-refractivity contribution in [2.24, 2.45) is 0 Å². The maximum Gasteiger partial charge on any atom is 0.0430 e. The highest BCUT2D eigenvalue weighted by molar-refractivity contribution is 9.11. The molecular formula is C18H13BrS. The van der Waals surface area contributed by atoms with E-state index in [1.165, 1.54) is 35.8 Å². The average Bonchev–Trinajstić information content (AvgIpc) is 2.87. The lowest BCUT2D eigenvalue weighted by atomic mass is 9.96. The van der Waals surface area contributed by atoms with E-state index in [1.54, 1.807) is 0 Å². The molecule has 0 radical (unpaired) electrons. The molecule has 0 aliphatic heterocycles. The standard InChI is InChI=1S/C18H13BrS/c19-13-10-8-12(9-11-13)14-5-3-6-16-15-4-1-2-7-17(15)20-18(14)16/h1-8,10H,9,11H2. The van der Waals surface area contributed by atoms with Gasteiger partial charge in [0.05, 0.1) is 0 Å². The third-order valence-electron chi connectivity index (χ3n) is 3.85. The second-order valence-electron chi connectivity index (χ2n) is 5.09. The van der Waals surface area contributed by atoms with Gasteiger partial charge in [-0.1, -0.05) is 64.5 Å². The Morgan fingerprint density at radius 1 is 0.850 bits per heavy atom. The molecule has 1 heterocycles. The van der Waals surface area contributed by atoms with E-state index in [0.717, 1.165) is 12.8 Å². The van der Waals surface area contributed by atoms with Crippen LogP contribution >= 0.6 is 27.3 Å². The van der Waals surface area contributed by atoms with E-state index in [2.05, 4.69) is 70.5 Å². The monoisotopic (exact) mass is 340 g/mol. The van der Waals surface area contributed by atoms with E-state index in [4.69, 9.17) is 0 Å². The Kier molecular flexibility index (Phi) is 3.01. The number of fused-ring (bicyclic) bond motifs is 3. The molecule has 3 aromatic rings. The van der Waals surface area contributed by atoms with Crippen LogP contribution in [0.1, 0.15) is 18.4 Å². The van der Waals surface area contributed by atoms with Crippen LogP contribution in [0.2, 0.25) is 0 Å². The molecule has 1 aliphatic rings. The van der Waals surface area contributed by atoms with Crippen LogP contribution in [0, 0.1) is 0 Å². The summed E-state index contributed by atoms with van der Waals surface area (Å²) in [5, 5.41) is 2.76. The molecule has 1 aromatic heterocycles. The summed E-state index contributed by atoms with van der Waals surface area (Å²) in [5.41, 5.74) is 2.85. The lowest BCUT2D eigenvalue weighted by Gasteiger charge is -2.12. The molecule has 0 saturated carbocycles. The fourth-order valence-electron chi connectivity index (χ4n) is 2.84. The Labute approximate surface area is 130 Å². The Bertz CT molecular complexity index is 867. The molecule has 20 heavy (non-hydrogen) atoms. The minimum absolute atomic E-state index is 1.10. The van der Waals surface area contributed by atoms with Crippen LogP contribution in [0.25, 0.3) is 25.7 Å². The van der Waals surface area contributed by atoms with E-state index in [0.29, 0.717) is 0 Å². The predicted molar refractivity (Wildman–Crippen MR) is 93.6 cm³/mol. The summed E-state index contributed by atoms with van der Waals surface area (Å²) in [6.45, 7) is 0. The maximum absolute atomic E-state index is 3.59. The molecule has 0 unspecified atom stereocenters. The molecule has 0 amide bonds. The SMILES string of the molecule is BrC1=CC=C(c2cccc3c2sc2ccccc23)CC1. The van der Waals surface area contributed by atoms with Gasteiger partial charge in [-0.15, -0.1) is 11.3 Å². The van der Waals surface area contributed by atoms with Crippen molar-refractivity contribution in [2.45, 2.75) is 12.8 Å². The van der Waals surface area contributed by atoms with E-state index < -0.39 is 0 Å². The predicted octanol–water partition coefficient (Wildman–Crippen LogP) is 6.51. The van der Waals surface area contributed by atoms with Gasteiger partial charge < -0.3 is 0 Å². The quantitative estimate of drug-likeness (QED) is 0.473. The molecule has 0 atom stereocenters. The maximum atomic E-state index is 3.59. The first-order valence-corrected chi connectivity index (χ1v) is 8.40. The zero-order valence-corrected chi connectivity index (χ0v) is 13.3. The van der Waals surface area contributed by atoms with Crippen LogP contribution in [0.5, 0.6) is 0 Å². The summed E-state index contributed by atoms with van der Waals surface area (Å²) >= 11 is 5.49. The molecule has 0 fully saturated rings. The van der Waals surface area contributed by atoms with Crippen molar-refractivity contribution >= 4 is 53.0 Å². The van der Waals surface area contributed by atoms with Crippen LogP contribution in [-0.4, -0.2) is 0 Å². The van der Waals surface area contributed by atoms with Gasteiger partial charge >= 0.3 is 0 Å². The van der Waals surface area contributed by atoms with Gasteiger partial charge in [0, 0.05) is 20.2 Å². The highest BCUT2D eigenvalue weighted by Crippen LogP contribution is 2.40. The third-order valence-corrected chi connectivity index (χ3v) is 5.73. The minimum Gasteiger partial charge on any atom is -0.135 e. The first-order valence-electron chi connectivity index (χ1n) is 6.79. The molecule has 0 nitrogen and oxygen atoms in total. The summed E-state index contributed by atoms with van der Waals surface area (Å²) < 4.78 is 4.10. The van der Waals surface area contributed by atoms with E-state index in [1.807, 2.05) is 11.3 Å². The number of hydrogen-bond donors (Lipinski definition) is 0. The van der Waals surface area contributed by atoms with Crippen LogP contribution in [0.4, 0.5) is 0 Å². The van der Waals surface area contributed by atoms with Gasteiger partial charge in [-0.3, -0.25) is 0 Å². The van der Waals surface area contributed by atoms with Crippen molar-refractivity contribution in [3.05, 3.63) is 64.7 Å². The van der Waals surface area contributed by atoms with Crippen LogP contribution < -0.4 is 0 Å². The summed E-state index contributed by atoms with van der Waals surface area (Å²) in [4.78, 5) is 0. The molecule has 98 valence electrons. The molecule has 2 aromatic carbocycles. The van der Waals surface area contributed by atoms with Crippen LogP contribution in [0.3, 0.4) is 0 Å². The number of thiophene rings is 1. The van der Waals surface area contributed by atoms with Gasteiger partial charge in [0.2, 0.25) is 0 Å². The first kappa shape index (κ1) is 12.4. The molecular weight excluding hydrogens is 328 g/mol. The van der Waals surface area contributed by atoms with Crippen molar-refractivity contribution in [1.29, 1.82) is 0 Å². The zero-order valence-electron chi connectivity index (χ0n) is 10.9. The van der Waals surface area contributed by atoms with Crippen molar-refractivity contribution in [2.75, 3.05) is 0 Å². The lowest BCUT2D eigenvalue weighted by molar-refractivity contribution is 1.04. The van der Waals surface area contributed by atoms with Crippen molar-refractivity contribution in [3.8, 4) is 0 Å². The lowest BCUT2D eigenvalue weighted by Crippen LogP contribution is -1.90. The molecule has 4 rings (SSSR count). The zero-order chi connectivity index (χ0) is 13.5. The first-order chi connectivity index (χ1) is 9.83. The Morgan fingerprint density at radius 3 is 2.55 bits per heavy atom. The highest BCUT2D eigenvalue weighted by atomic mass is 79.9. The molecule has 0 bridgehead atoms. The van der Waals surface area contributed by atoms with Crippen LogP contribution in [0.15, 0.2) is 59.1 Å². The molecule has 2 heteroatoms. The largest absolute Gasteiger partial charge is 0.135 e. The fourth-order valence-corrected chi connectivity index (χ4v) is 4.42. The Balaban J connectivity index is 2.01. The van der Waals surface area contributed by atoms with E-state index in [9.17, 15) is 0 Å². The number of halogens is 1. The fraction of sp³-hybridized carbons (Fsp3) is 0.111. The van der Waals surface area contributed by atoms with Crippen molar-refractivity contribution < 1.29 is 0 Å². The Morgan fingerprint density at radius 2 is 1.70 bits per heavy atom. The summed E-state index contributed by atoms with van der Waals surface area (Å²) in [6, 6.07) is 15.4. The summed E-state index contributed by atoms with van der Waals surface area (Å²) in [7, 11) is 0. The highest BCUT2D eigenvalue weighted by Gasteiger charge is 2.13. The number of rotatable bonds is 1. The molecule has 1 aliphatic carbocycles. The van der Waals surface area contributed by atoms with E-state index in [-0.39, 0.29) is 0 Å². The second-order valence-corrected chi connectivity index (χ2v) is 7.16. The Hall–Kier alpha value is -1.38. The molecule has 0 saturated heterocycles. The number of hydrogen-bond acceptors (Lipinski definition) is 1. The van der Waals surface area contributed by atoms with E-state index >= 15 is 0 Å². The van der Waals surface area contributed by atoms with Gasteiger partial charge in [-0.2, -0.15) is 0 Å². The second kappa shape index (κ2) is 4.87. The van der Waals surface area contributed by atoms with Crippen LogP contribution in [-0.2, 0) is 0 Å². The van der Waals surface area contributed by atoms with Crippen molar-refractivity contribution in [1.82, 2.24) is 0 Å². The minimum atomic E-state index is 1.10.